The number of carbonyl (C=O) groups is 1. The number of hydrogen-bond acceptors (Lipinski definition) is 3. The number of nitrogens with zero attached hydrogens (tertiary/aromatic N) is 1. The standard InChI is InChI=1S/C9H8BrNO3/c1-6(12)5-7-3-2-4-8(9(7)10)11(13)14/h2-4H,5H2,1H3. The van der Waals surface area contributed by atoms with Gasteiger partial charge in [-0.15, -0.1) is 0 Å². The SMILES string of the molecule is CC(=O)Cc1cccc([N+](=O)[O-])c1Br. The van der Waals surface area contributed by atoms with E-state index >= 15 is 0 Å². The van der Waals surface area contributed by atoms with Crippen LogP contribution in [-0.2, 0) is 11.2 Å². The second-order valence-corrected chi connectivity index (χ2v) is 3.68. The van der Waals surface area contributed by atoms with Crippen molar-refractivity contribution >= 4 is 27.4 Å². The third-order valence-electron chi connectivity index (χ3n) is 1.69. The Balaban J connectivity index is 3.13. The predicted molar refractivity (Wildman–Crippen MR) is 55.2 cm³/mol. The number of rotatable bonds is 3. The molecule has 0 fully saturated rings. The van der Waals surface area contributed by atoms with E-state index in [4.69, 9.17) is 0 Å². The summed E-state index contributed by atoms with van der Waals surface area (Å²) in [6, 6.07) is 4.66. The molecule has 1 aromatic rings. The second-order valence-electron chi connectivity index (χ2n) is 2.89. The molecule has 0 unspecified atom stereocenters. The summed E-state index contributed by atoms with van der Waals surface area (Å²) >= 11 is 3.12. The molecule has 0 aliphatic carbocycles. The lowest BCUT2D eigenvalue weighted by Gasteiger charge is -2.01. The van der Waals surface area contributed by atoms with Crippen LogP contribution in [-0.4, -0.2) is 10.7 Å². The number of benzene rings is 1. The Morgan fingerprint density at radius 1 is 1.57 bits per heavy atom. The number of hydrogen-bond donors (Lipinski definition) is 0. The molecule has 0 spiro atoms. The number of halogens is 1. The van der Waals surface area contributed by atoms with Gasteiger partial charge in [-0.3, -0.25) is 14.9 Å². The van der Waals surface area contributed by atoms with Gasteiger partial charge in [0.1, 0.15) is 5.78 Å². The van der Waals surface area contributed by atoms with E-state index in [2.05, 4.69) is 15.9 Å². The summed E-state index contributed by atoms with van der Waals surface area (Å²) in [7, 11) is 0. The average molecular weight is 258 g/mol. The van der Waals surface area contributed by atoms with Crippen molar-refractivity contribution in [3.63, 3.8) is 0 Å². The molecule has 0 saturated heterocycles. The molecule has 4 nitrogen and oxygen atoms in total. The zero-order chi connectivity index (χ0) is 10.7. The van der Waals surface area contributed by atoms with Crippen LogP contribution >= 0.6 is 15.9 Å². The Morgan fingerprint density at radius 3 is 2.71 bits per heavy atom. The van der Waals surface area contributed by atoms with Gasteiger partial charge in [-0.05, 0) is 28.4 Å². The molecule has 14 heavy (non-hydrogen) atoms. The van der Waals surface area contributed by atoms with Crippen LogP contribution < -0.4 is 0 Å². The Labute approximate surface area is 89.2 Å². The fourth-order valence-corrected chi connectivity index (χ4v) is 1.66. The molecule has 74 valence electrons. The van der Waals surface area contributed by atoms with Crippen molar-refractivity contribution in [1.82, 2.24) is 0 Å². The molecule has 0 amide bonds. The Kier molecular flexibility index (Phi) is 3.35. The topological polar surface area (TPSA) is 60.2 Å². The summed E-state index contributed by atoms with van der Waals surface area (Å²) in [5.41, 5.74) is 0.635. The van der Waals surface area contributed by atoms with Crippen LogP contribution in [0.2, 0.25) is 0 Å². The molecular weight excluding hydrogens is 250 g/mol. The summed E-state index contributed by atoms with van der Waals surface area (Å²) in [6.07, 6.45) is 0.211. The maximum absolute atomic E-state index is 10.9. The molecule has 1 rings (SSSR count). The molecule has 0 N–H and O–H groups in total. The van der Waals surface area contributed by atoms with Gasteiger partial charge in [0.25, 0.3) is 5.69 Å². The first-order valence-electron chi connectivity index (χ1n) is 3.93. The highest BCUT2D eigenvalue weighted by Crippen LogP contribution is 2.28. The van der Waals surface area contributed by atoms with E-state index in [0.717, 1.165) is 0 Å². The molecule has 0 saturated carbocycles. The van der Waals surface area contributed by atoms with Crippen molar-refractivity contribution in [3.05, 3.63) is 38.3 Å². The quantitative estimate of drug-likeness (QED) is 0.618. The summed E-state index contributed by atoms with van der Waals surface area (Å²) in [4.78, 5) is 20.9. The lowest BCUT2D eigenvalue weighted by Crippen LogP contribution is -1.99. The van der Waals surface area contributed by atoms with Crippen LogP contribution in [0.1, 0.15) is 12.5 Å². The minimum atomic E-state index is -0.478. The molecule has 0 aromatic heterocycles. The van der Waals surface area contributed by atoms with Crippen LogP contribution in [0.5, 0.6) is 0 Å². The fourth-order valence-electron chi connectivity index (χ4n) is 1.11. The van der Waals surface area contributed by atoms with E-state index < -0.39 is 4.92 Å². The monoisotopic (exact) mass is 257 g/mol. The third-order valence-corrected chi connectivity index (χ3v) is 2.61. The highest BCUT2D eigenvalue weighted by molar-refractivity contribution is 9.10. The van der Waals surface area contributed by atoms with E-state index in [9.17, 15) is 14.9 Å². The van der Waals surface area contributed by atoms with Gasteiger partial charge < -0.3 is 0 Å². The van der Waals surface area contributed by atoms with Gasteiger partial charge in [-0.1, -0.05) is 12.1 Å². The number of nitro benzene ring substituents is 1. The summed E-state index contributed by atoms with van der Waals surface area (Å²) in [6.45, 7) is 1.45. The van der Waals surface area contributed by atoms with Gasteiger partial charge in [-0.2, -0.15) is 0 Å². The maximum atomic E-state index is 10.9. The van der Waals surface area contributed by atoms with Crippen molar-refractivity contribution in [2.24, 2.45) is 0 Å². The first kappa shape index (κ1) is 10.8. The van der Waals surface area contributed by atoms with Crippen molar-refractivity contribution in [2.45, 2.75) is 13.3 Å². The third kappa shape index (κ3) is 2.38. The normalized spacial score (nSPS) is 9.86. The minimum absolute atomic E-state index is 0.0104. The fraction of sp³-hybridized carbons (Fsp3) is 0.222. The number of carbonyl (C=O) groups excluding carboxylic acids is 1. The molecular formula is C9H8BrNO3. The zero-order valence-corrected chi connectivity index (χ0v) is 9.08. The number of Topliss-reactive ketones (excluding diaryl/α,β-unsaturated/α-hetero) is 1. The van der Waals surface area contributed by atoms with Gasteiger partial charge >= 0.3 is 0 Å². The van der Waals surface area contributed by atoms with E-state index in [1.807, 2.05) is 0 Å². The van der Waals surface area contributed by atoms with Gasteiger partial charge in [0, 0.05) is 12.5 Å². The summed E-state index contributed by atoms with van der Waals surface area (Å²) in [5.74, 6) is -0.0220. The molecule has 0 radical (unpaired) electrons. The van der Waals surface area contributed by atoms with Gasteiger partial charge in [0.05, 0.1) is 9.40 Å². The van der Waals surface area contributed by atoms with E-state index in [1.165, 1.54) is 13.0 Å². The van der Waals surface area contributed by atoms with Crippen LogP contribution in [0, 0.1) is 10.1 Å². The molecule has 0 atom stereocenters. The number of nitro groups is 1. The average Bonchev–Trinajstić information content (AvgIpc) is 2.07. The predicted octanol–water partition coefficient (Wildman–Crippen LogP) is 2.49. The minimum Gasteiger partial charge on any atom is -0.300 e. The van der Waals surface area contributed by atoms with Gasteiger partial charge in [0.2, 0.25) is 0 Å². The lowest BCUT2D eigenvalue weighted by atomic mass is 10.1. The first-order valence-corrected chi connectivity index (χ1v) is 4.73. The maximum Gasteiger partial charge on any atom is 0.283 e. The number of ketones is 1. The highest BCUT2D eigenvalue weighted by Gasteiger charge is 2.15. The van der Waals surface area contributed by atoms with Gasteiger partial charge in [0.15, 0.2) is 0 Å². The highest BCUT2D eigenvalue weighted by atomic mass is 79.9. The smallest absolute Gasteiger partial charge is 0.283 e. The van der Waals surface area contributed by atoms with Gasteiger partial charge in [-0.25, -0.2) is 0 Å². The molecule has 5 heteroatoms. The van der Waals surface area contributed by atoms with E-state index in [1.54, 1.807) is 12.1 Å². The Morgan fingerprint density at radius 2 is 2.21 bits per heavy atom. The Bertz CT molecular complexity index is 390. The van der Waals surface area contributed by atoms with Crippen LogP contribution in [0.3, 0.4) is 0 Å². The summed E-state index contributed by atoms with van der Waals surface area (Å²) < 4.78 is 0.389. The molecule has 0 aliphatic heterocycles. The van der Waals surface area contributed by atoms with Crippen molar-refractivity contribution in [3.8, 4) is 0 Å². The second kappa shape index (κ2) is 4.32. The van der Waals surface area contributed by atoms with E-state index in [0.29, 0.717) is 10.0 Å². The molecule has 0 bridgehead atoms. The molecule has 0 aliphatic rings. The zero-order valence-electron chi connectivity index (χ0n) is 7.49. The van der Waals surface area contributed by atoms with E-state index in [-0.39, 0.29) is 17.9 Å². The lowest BCUT2D eigenvalue weighted by molar-refractivity contribution is -0.385. The van der Waals surface area contributed by atoms with Crippen molar-refractivity contribution in [2.75, 3.05) is 0 Å². The molecule has 1 aromatic carbocycles. The van der Waals surface area contributed by atoms with Crippen molar-refractivity contribution < 1.29 is 9.72 Å². The Hall–Kier alpha value is -1.23. The van der Waals surface area contributed by atoms with Crippen molar-refractivity contribution in [1.29, 1.82) is 0 Å². The molecule has 0 heterocycles. The summed E-state index contributed by atoms with van der Waals surface area (Å²) in [5, 5.41) is 10.6. The first-order chi connectivity index (χ1) is 6.52. The van der Waals surface area contributed by atoms with Crippen LogP contribution in [0.4, 0.5) is 5.69 Å². The van der Waals surface area contributed by atoms with Crippen LogP contribution in [0.15, 0.2) is 22.7 Å². The van der Waals surface area contributed by atoms with Crippen LogP contribution in [0.25, 0.3) is 0 Å². The largest absolute Gasteiger partial charge is 0.300 e.